The van der Waals surface area contributed by atoms with E-state index in [-0.39, 0.29) is 30.4 Å². The first-order valence-electron chi connectivity index (χ1n) is 6.80. The van der Waals surface area contributed by atoms with E-state index in [1.165, 1.54) is 6.42 Å². The number of aliphatic hydroxyl groups is 2. The fourth-order valence-corrected chi connectivity index (χ4v) is 3.10. The summed E-state index contributed by atoms with van der Waals surface area (Å²) in [7, 11) is 0. The van der Waals surface area contributed by atoms with Crippen molar-refractivity contribution in [3.05, 3.63) is 0 Å². The molecule has 4 heteroatoms. The Morgan fingerprint density at radius 1 is 1.18 bits per heavy atom. The second-order valence-electron chi connectivity index (χ2n) is 5.52. The Kier molecular flexibility index (Phi) is 4.40. The summed E-state index contributed by atoms with van der Waals surface area (Å²) in [6.07, 6.45) is 6.40. The van der Waals surface area contributed by atoms with Gasteiger partial charge in [-0.05, 0) is 25.7 Å². The summed E-state index contributed by atoms with van der Waals surface area (Å²) in [5, 5.41) is 21.8. The molecule has 0 bridgehead atoms. The average molecular weight is 241 g/mol. The topological polar surface area (TPSA) is 69.6 Å². The summed E-state index contributed by atoms with van der Waals surface area (Å²) in [5.41, 5.74) is 0. The molecule has 2 fully saturated rings. The number of nitrogens with one attached hydrogen (secondary N) is 1. The van der Waals surface area contributed by atoms with Gasteiger partial charge in [0.25, 0.3) is 0 Å². The number of aliphatic hydroxyl groups excluding tert-OH is 2. The van der Waals surface area contributed by atoms with Crippen LogP contribution in [0.5, 0.6) is 0 Å². The zero-order chi connectivity index (χ0) is 12.3. The molecular weight excluding hydrogens is 218 g/mol. The van der Waals surface area contributed by atoms with Crippen molar-refractivity contribution in [1.82, 2.24) is 5.32 Å². The molecule has 0 aromatic carbocycles. The van der Waals surface area contributed by atoms with E-state index in [1.807, 2.05) is 0 Å². The van der Waals surface area contributed by atoms with Crippen LogP contribution in [0.25, 0.3) is 0 Å². The van der Waals surface area contributed by atoms with Crippen LogP contribution in [0.2, 0.25) is 0 Å². The van der Waals surface area contributed by atoms with E-state index in [0.717, 1.165) is 25.7 Å². The summed E-state index contributed by atoms with van der Waals surface area (Å²) in [6.45, 7) is 0.0109. The van der Waals surface area contributed by atoms with Crippen LogP contribution in [0.1, 0.15) is 44.9 Å². The number of amides is 1. The Balaban J connectivity index is 1.79. The lowest BCUT2D eigenvalue weighted by atomic mass is 9.88. The first-order valence-corrected chi connectivity index (χ1v) is 6.80. The second kappa shape index (κ2) is 5.83. The summed E-state index contributed by atoms with van der Waals surface area (Å²) in [4.78, 5) is 12.0. The van der Waals surface area contributed by atoms with Crippen molar-refractivity contribution in [2.75, 3.05) is 6.61 Å². The van der Waals surface area contributed by atoms with Crippen LogP contribution in [-0.4, -0.2) is 34.9 Å². The molecule has 0 saturated heterocycles. The van der Waals surface area contributed by atoms with Gasteiger partial charge in [0.05, 0.1) is 6.10 Å². The highest BCUT2D eigenvalue weighted by atomic mass is 16.3. The average Bonchev–Trinajstić information content (AvgIpc) is 2.70. The monoisotopic (exact) mass is 241 g/mol. The third kappa shape index (κ3) is 3.19. The molecule has 0 heterocycles. The third-order valence-electron chi connectivity index (χ3n) is 4.21. The van der Waals surface area contributed by atoms with Gasteiger partial charge in [0.2, 0.25) is 5.91 Å². The van der Waals surface area contributed by atoms with Gasteiger partial charge in [-0.1, -0.05) is 19.3 Å². The first kappa shape index (κ1) is 12.8. The van der Waals surface area contributed by atoms with Gasteiger partial charge in [0, 0.05) is 24.5 Å². The Morgan fingerprint density at radius 3 is 2.47 bits per heavy atom. The maximum atomic E-state index is 12.0. The van der Waals surface area contributed by atoms with Gasteiger partial charge in [0.1, 0.15) is 0 Å². The summed E-state index contributed by atoms with van der Waals surface area (Å²) in [6, 6.07) is 0.0524. The minimum absolute atomic E-state index is 0.0109. The van der Waals surface area contributed by atoms with Gasteiger partial charge >= 0.3 is 0 Å². The van der Waals surface area contributed by atoms with Gasteiger partial charge in [-0.2, -0.15) is 0 Å². The maximum absolute atomic E-state index is 12.0. The zero-order valence-corrected chi connectivity index (χ0v) is 10.3. The lowest BCUT2D eigenvalue weighted by Crippen LogP contribution is -2.38. The van der Waals surface area contributed by atoms with Crippen molar-refractivity contribution < 1.29 is 15.0 Å². The fourth-order valence-electron chi connectivity index (χ4n) is 3.10. The Hall–Kier alpha value is -0.610. The van der Waals surface area contributed by atoms with Gasteiger partial charge in [-0.15, -0.1) is 0 Å². The molecule has 3 unspecified atom stereocenters. The fraction of sp³-hybridized carbons (Fsp3) is 0.923. The molecule has 0 aromatic heterocycles. The molecule has 0 spiro atoms. The quantitative estimate of drug-likeness (QED) is 0.685. The number of carbonyl (C=O) groups excluding carboxylic acids is 1. The Bertz CT molecular complexity index is 263. The summed E-state index contributed by atoms with van der Waals surface area (Å²) < 4.78 is 0. The van der Waals surface area contributed by atoms with Crippen LogP contribution < -0.4 is 5.32 Å². The number of hydrogen-bond donors (Lipinski definition) is 3. The molecule has 4 nitrogen and oxygen atoms in total. The normalized spacial score (nSPS) is 34.8. The molecule has 17 heavy (non-hydrogen) atoms. The molecule has 2 rings (SSSR count). The predicted molar refractivity (Wildman–Crippen MR) is 64.3 cm³/mol. The van der Waals surface area contributed by atoms with Crippen molar-refractivity contribution in [2.45, 2.75) is 57.1 Å². The van der Waals surface area contributed by atoms with Gasteiger partial charge in [0.15, 0.2) is 0 Å². The molecule has 0 aromatic rings. The van der Waals surface area contributed by atoms with Gasteiger partial charge in [-0.25, -0.2) is 0 Å². The lowest BCUT2D eigenvalue weighted by molar-refractivity contribution is -0.126. The van der Waals surface area contributed by atoms with E-state index in [0.29, 0.717) is 12.8 Å². The lowest BCUT2D eigenvalue weighted by Gasteiger charge is -2.23. The SMILES string of the molecule is O=C(NC1CC(O)C(CO)C1)C1CCCCC1. The van der Waals surface area contributed by atoms with Crippen molar-refractivity contribution in [3.63, 3.8) is 0 Å². The largest absolute Gasteiger partial charge is 0.396 e. The van der Waals surface area contributed by atoms with E-state index >= 15 is 0 Å². The minimum atomic E-state index is -0.461. The number of carbonyl (C=O) groups is 1. The molecule has 0 aliphatic heterocycles. The van der Waals surface area contributed by atoms with E-state index in [2.05, 4.69) is 5.32 Å². The molecule has 3 atom stereocenters. The molecule has 2 saturated carbocycles. The van der Waals surface area contributed by atoms with Crippen LogP contribution in [0, 0.1) is 11.8 Å². The first-order chi connectivity index (χ1) is 8.20. The summed E-state index contributed by atoms with van der Waals surface area (Å²) >= 11 is 0. The molecule has 98 valence electrons. The van der Waals surface area contributed by atoms with E-state index in [9.17, 15) is 9.90 Å². The second-order valence-corrected chi connectivity index (χ2v) is 5.52. The van der Waals surface area contributed by atoms with E-state index in [4.69, 9.17) is 5.11 Å². The standard InChI is InChI=1S/C13H23NO3/c15-8-10-6-11(7-12(10)16)14-13(17)9-4-2-1-3-5-9/h9-12,15-16H,1-8H2,(H,14,17). The molecule has 0 radical (unpaired) electrons. The highest BCUT2D eigenvalue weighted by Crippen LogP contribution is 2.28. The molecule has 2 aliphatic carbocycles. The van der Waals surface area contributed by atoms with E-state index in [1.54, 1.807) is 0 Å². The molecule has 2 aliphatic rings. The van der Waals surface area contributed by atoms with Gasteiger partial charge < -0.3 is 15.5 Å². The Morgan fingerprint density at radius 2 is 1.88 bits per heavy atom. The number of hydrogen-bond acceptors (Lipinski definition) is 3. The minimum Gasteiger partial charge on any atom is -0.396 e. The van der Waals surface area contributed by atoms with Crippen molar-refractivity contribution in [3.8, 4) is 0 Å². The van der Waals surface area contributed by atoms with Crippen LogP contribution in [0.3, 0.4) is 0 Å². The van der Waals surface area contributed by atoms with Crippen molar-refractivity contribution >= 4 is 5.91 Å². The smallest absolute Gasteiger partial charge is 0.223 e. The van der Waals surface area contributed by atoms with Crippen molar-refractivity contribution in [2.24, 2.45) is 11.8 Å². The van der Waals surface area contributed by atoms with Gasteiger partial charge in [-0.3, -0.25) is 4.79 Å². The highest BCUT2D eigenvalue weighted by molar-refractivity contribution is 5.79. The van der Waals surface area contributed by atoms with Crippen LogP contribution >= 0.6 is 0 Å². The maximum Gasteiger partial charge on any atom is 0.223 e. The van der Waals surface area contributed by atoms with Crippen LogP contribution in [0.15, 0.2) is 0 Å². The molecular formula is C13H23NO3. The zero-order valence-electron chi connectivity index (χ0n) is 10.3. The Labute approximate surface area is 102 Å². The number of rotatable bonds is 3. The third-order valence-corrected chi connectivity index (χ3v) is 4.21. The summed E-state index contributed by atoms with van der Waals surface area (Å²) in [5.74, 6) is 0.265. The van der Waals surface area contributed by atoms with Crippen molar-refractivity contribution in [1.29, 1.82) is 0 Å². The van der Waals surface area contributed by atoms with Crippen LogP contribution in [-0.2, 0) is 4.79 Å². The predicted octanol–water partition coefficient (Wildman–Crippen LogP) is 0.815. The van der Waals surface area contributed by atoms with Crippen LogP contribution in [0.4, 0.5) is 0 Å². The highest BCUT2D eigenvalue weighted by Gasteiger charge is 2.34. The molecule has 1 amide bonds. The van der Waals surface area contributed by atoms with E-state index < -0.39 is 6.10 Å². The molecule has 3 N–H and O–H groups in total.